The van der Waals surface area contributed by atoms with Gasteiger partial charge < -0.3 is 9.72 Å². The molecule has 1 N–H and O–H groups in total. The number of aryl methyl sites for hydroxylation is 2. The summed E-state index contributed by atoms with van der Waals surface area (Å²) in [4.78, 5) is 47.6. The number of ether oxygens (including phenoxy) is 1. The Kier molecular flexibility index (Phi) is 4.70. The Balaban J connectivity index is 1.39. The normalized spacial score (nSPS) is 11.2. The highest BCUT2D eigenvalue weighted by Crippen LogP contribution is 2.13. The minimum absolute atomic E-state index is 0.0486. The molecule has 0 spiro atoms. The summed E-state index contributed by atoms with van der Waals surface area (Å²) in [6.45, 7) is 1.68. The lowest BCUT2D eigenvalue weighted by Crippen LogP contribution is -2.15. The van der Waals surface area contributed by atoms with E-state index in [2.05, 4.69) is 20.1 Å². The Labute approximate surface area is 161 Å². The van der Waals surface area contributed by atoms with Gasteiger partial charge in [0.2, 0.25) is 4.96 Å². The average molecular weight is 397 g/mol. The lowest BCUT2D eigenvalue weighted by Gasteiger charge is -2.04. The topological polar surface area (TPSA) is 119 Å². The van der Waals surface area contributed by atoms with E-state index in [9.17, 15) is 14.4 Å². The highest BCUT2D eigenvalue weighted by molar-refractivity contribution is 7.16. The molecule has 9 nitrogen and oxygen atoms in total. The van der Waals surface area contributed by atoms with E-state index in [1.54, 1.807) is 31.2 Å². The number of fused-ring (bicyclic) bond motifs is 2. The van der Waals surface area contributed by atoms with Gasteiger partial charge >= 0.3 is 5.97 Å². The van der Waals surface area contributed by atoms with E-state index in [1.807, 2.05) is 0 Å². The van der Waals surface area contributed by atoms with Crippen molar-refractivity contribution in [3.63, 3.8) is 0 Å². The zero-order chi connectivity index (χ0) is 19.7. The Morgan fingerprint density at radius 2 is 2.07 bits per heavy atom. The molecule has 10 heteroatoms. The third-order valence-corrected chi connectivity index (χ3v) is 4.88. The molecule has 0 atom stereocenters. The maximum absolute atomic E-state index is 12.0. The summed E-state index contributed by atoms with van der Waals surface area (Å²) in [5, 5.41) is 5.09. The first-order valence-electron chi connectivity index (χ1n) is 8.49. The summed E-state index contributed by atoms with van der Waals surface area (Å²) >= 11 is 1.19. The van der Waals surface area contributed by atoms with Crippen LogP contribution < -0.4 is 11.1 Å². The SMILES string of the molecule is Cc1cc(=O)n2nc(COC(=O)CCc3nc4ccccc4c(=O)[nH]3)sc2n1. The fourth-order valence-electron chi connectivity index (χ4n) is 2.71. The van der Waals surface area contributed by atoms with Gasteiger partial charge in [-0.15, -0.1) is 0 Å². The number of carbonyl (C=O) groups excluding carboxylic acids is 1. The molecule has 0 saturated carbocycles. The molecule has 28 heavy (non-hydrogen) atoms. The number of carbonyl (C=O) groups is 1. The minimum atomic E-state index is -0.452. The van der Waals surface area contributed by atoms with Crippen LogP contribution in [0.3, 0.4) is 0 Å². The van der Waals surface area contributed by atoms with E-state index in [1.165, 1.54) is 21.9 Å². The number of benzene rings is 1. The van der Waals surface area contributed by atoms with Crippen molar-refractivity contribution in [3.8, 4) is 0 Å². The van der Waals surface area contributed by atoms with Crippen LogP contribution in [-0.2, 0) is 22.6 Å². The molecule has 3 aromatic heterocycles. The van der Waals surface area contributed by atoms with Crippen LogP contribution in [0.25, 0.3) is 15.9 Å². The number of esters is 1. The number of para-hydroxylation sites is 1. The molecule has 4 rings (SSSR count). The number of nitrogens with one attached hydrogen (secondary N) is 1. The van der Waals surface area contributed by atoms with Gasteiger partial charge in [0.05, 0.1) is 17.3 Å². The first kappa shape index (κ1) is 18.0. The molecule has 4 aromatic rings. The standard InChI is InChI=1S/C18H15N5O4S/c1-10-8-15(24)23-18(19-10)28-14(22-23)9-27-16(25)7-6-13-20-12-5-3-2-4-11(12)17(26)21-13/h2-5,8H,6-7,9H2,1H3,(H,20,21,26). The van der Waals surface area contributed by atoms with Crippen molar-refractivity contribution in [1.29, 1.82) is 0 Å². The van der Waals surface area contributed by atoms with E-state index in [0.717, 1.165) is 0 Å². The van der Waals surface area contributed by atoms with Crippen LogP contribution in [0.2, 0.25) is 0 Å². The van der Waals surface area contributed by atoms with Gasteiger partial charge in [-0.3, -0.25) is 14.4 Å². The molecule has 0 aliphatic carbocycles. The van der Waals surface area contributed by atoms with Crippen molar-refractivity contribution in [2.24, 2.45) is 0 Å². The second-order valence-corrected chi connectivity index (χ2v) is 7.16. The predicted octanol–water partition coefficient (Wildman–Crippen LogP) is 1.37. The molecule has 0 fully saturated rings. The van der Waals surface area contributed by atoms with E-state index in [0.29, 0.717) is 32.4 Å². The summed E-state index contributed by atoms with van der Waals surface area (Å²) in [6.07, 6.45) is 0.308. The molecule has 0 unspecified atom stereocenters. The van der Waals surface area contributed by atoms with E-state index >= 15 is 0 Å². The van der Waals surface area contributed by atoms with Crippen LogP contribution in [-0.4, -0.2) is 30.5 Å². The summed E-state index contributed by atoms with van der Waals surface area (Å²) in [5.74, 6) is -0.0292. The van der Waals surface area contributed by atoms with Gasteiger partial charge in [0.15, 0.2) is 5.01 Å². The van der Waals surface area contributed by atoms with Gasteiger partial charge in [0, 0.05) is 18.2 Å². The van der Waals surface area contributed by atoms with Crippen LogP contribution in [0.1, 0.15) is 22.9 Å². The molecular weight excluding hydrogens is 382 g/mol. The van der Waals surface area contributed by atoms with Crippen molar-refractivity contribution < 1.29 is 9.53 Å². The molecule has 0 bridgehead atoms. The molecule has 142 valence electrons. The smallest absolute Gasteiger partial charge is 0.306 e. The van der Waals surface area contributed by atoms with E-state index in [4.69, 9.17) is 4.74 Å². The largest absolute Gasteiger partial charge is 0.458 e. The Hall–Kier alpha value is -3.40. The highest BCUT2D eigenvalue weighted by atomic mass is 32.1. The lowest BCUT2D eigenvalue weighted by atomic mass is 10.2. The maximum atomic E-state index is 12.0. The van der Waals surface area contributed by atoms with Crippen molar-refractivity contribution in [3.05, 3.63) is 67.6 Å². The molecule has 1 aromatic carbocycles. The van der Waals surface area contributed by atoms with Gasteiger partial charge in [-0.2, -0.15) is 9.61 Å². The van der Waals surface area contributed by atoms with Crippen LogP contribution in [0.5, 0.6) is 0 Å². The molecule has 0 saturated heterocycles. The Morgan fingerprint density at radius 1 is 1.25 bits per heavy atom. The van der Waals surface area contributed by atoms with Gasteiger partial charge in [0.25, 0.3) is 11.1 Å². The summed E-state index contributed by atoms with van der Waals surface area (Å²) in [5.41, 5.74) is 0.672. The number of nitrogens with zero attached hydrogens (tertiary/aromatic N) is 4. The molecule has 0 aliphatic rings. The molecule has 0 aliphatic heterocycles. The number of aromatic nitrogens is 5. The van der Waals surface area contributed by atoms with Crippen molar-refractivity contribution in [2.45, 2.75) is 26.4 Å². The number of aromatic amines is 1. The Bertz CT molecular complexity index is 1310. The summed E-state index contributed by atoms with van der Waals surface area (Å²) in [6, 6.07) is 8.39. The molecule has 0 amide bonds. The fourth-order valence-corrected chi connectivity index (χ4v) is 3.56. The monoisotopic (exact) mass is 397 g/mol. The van der Waals surface area contributed by atoms with Crippen LogP contribution in [0.15, 0.2) is 39.9 Å². The fraction of sp³-hybridized carbons (Fsp3) is 0.222. The first-order valence-corrected chi connectivity index (χ1v) is 9.31. The quantitative estimate of drug-likeness (QED) is 0.505. The van der Waals surface area contributed by atoms with Crippen LogP contribution in [0, 0.1) is 6.92 Å². The van der Waals surface area contributed by atoms with Gasteiger partial charge in [-0.25, -0.2) is 9.97 Å². The molecule has 3 heterocycles. The lowest BCUT2D eigenvalue weighted by molar-refractivity contribution is -0.144. The highest BCUT2D eigenvalue weighted by Gasteiger charge is 2.11. The third kappa shape index (κ3) is 3.67. The van der Waals surface area contributed by atoms with E-state index < -0.39 is 5.97 Å². The third-order valence-electron chi connectivity index (χ3n) is 4.00. The maximum Gasteiger partial charge on any atom is 0.306 e. The second kappa shape index (κ2) is 7.31. The van der Waals surface area contributed by atoms with Gasteiger partial charge in [0.1, 0.15) is 12.4 Å². The van der Waals surface area contributed by atoms with Crippen molar-refractivity contribution >= 4 is 33.2 Å². The number of H-pyrrole nitrogens is 1. The second-order valence-electron chi connectivity index (χ2n) is 6.12. The molecular formula is C18H15N5O4S. The van der Waals surface area contributed by atoms with Crippen LogP contribution in [0.4, 0.5) is 0 Å². The van der Waals surface area contributed by atoms with Gasteiger partial charge in [-0.05, 0) is 19.1 Å². The minimum Gasteiger partial charge on any atom is -0.458 e. The Morgan fingerprint density at radius 3 is 2.93 bits per heavy atom. The van der Waals surface area contributed by atoms with Crippen molar-refractivity contribution in [1.82, 2.24) is 24.6 Å². The predicted molar refractivity (Wildman–Crippen MR) is 102 cm³/mol. The molecule has 0 radical (unpaired) electrons. The van der Waals surface area contributed by atoms with Crippen molar-refractivity contribution in [2.75, 3.05) is 0 Å². The van der Waals surface area contributed by atoms with Gasteiger partial charge in [-0.1, -0.05) is 23.5 Å². The first-order chi connectivity index (χ1) is 13.5. The zero-order valence-corrected chi connectivity index (χ0v) is 15.7. The number of rotatable bonds is 5. The zero-order valence-electron chi connectivity index (χ0n) is 14.8. The van der Waals surface area contributed by atoms with Crippen LogP contribution >= 0.6 is 11.3 Å². The number of hydrogen-bond acceptors (Lipinski definition) is 8. The average Bonchev–Trinajstić information content (AvgIpc) is 3.08. The van der Waals surface area contributed by atoms with E-state index in [-0.39, 0.29) is 30.6 Å². The summed E-state index contributed by atoms with van der Waals surface area (Å²) < 4.78 is 6.40. The number of hydrogen-bond donors (Lipinski definition) is 1. The summed E-state index contributed by atoms with van der Waals surface area (Å²) in [7, 11) is 0.